The minimum absolute atomic E-state index is 0.803. The summed E-state index contributed by atoms with van der Waals surface area (Å²) in [5.74, 6) is 0. The van der Waals surface area contributed by atoms with Gasteiger partial charge in [0.2, 0.25) is 0 Å². The van der Waals surface area contributed by atoms with E-state index in [2.05, 4.69) is 30.9 Å². The van der Waals surface area contributed by atoms with E-state index >= 15 is 0 Å². The van der Waals surface area contributed by atoms with Crippen molar-refractivity contribution in [1.29, 1.82) is 0 Å². The van der Waals surface area contributed by atoms with Gasteiger partial charge in [-0.1, -0.05) is 28.1 Å². The van der Waals surface area contributed by atoms with Gasteiger partial charge >= 0.3 is 0 Å². The Kier molecular flexibility index (Phi) is 3.17. The SMILES string of the molecule is Brc1ccc(-c2nc(-c3cnccn3)cs2)cc1. The zero-order valence-electron chi connectivity index (χ0n) is 9.25. The summed E-state index contributed by atoms with van der Waals surface area (Å²) in [6, 6.07) is 8.12. The monoisotopic (exact) mass is 317 g/mol. The Hall–Kier alpha value is -1.59. The molecule has 5 heteroatoms. The van der Waals surface area contributed by atoms with Crippen molar-refractivity contribution in [3.05, 3.63) is 52.7 Å². The fourth-order valence-electron chi connectivity index (χ4n) is 1.55. The van der Waals surface area contributed by atoms with Crippen molar-refractivity contribution in [2.45, 2.75) is 0 Å². The highest BCUT2D eigenvalue weighted by atomic mass is 79.9. The van der Waals surface area contributed by atoms with Crippen molar-refractivity contribution in [2.24, 2.45) is 0 Å². The van der Waals surface area contributed by atoms with E-state index in [4.69, 9.17) is 0 Å². The van der Waals surface area contributed by atoms with E-state index in [1.165, 1.54) is 0 Å². The fraction of sp³-hybridized carbons (Fsp3) is 0. The van der Waals surface area contributed by atoms with Crippen molar-refractivity contribution in [1.82, 2.24) is 15.0 Å². The maximum atomic E-state index is 4.58. The Morgan fingerprint density at radius 1 is 1.00 bits per heavy atom. The van der Waals surface area contributed by atoms with Crippen LogP contribution in [0.1, 0.15) is 0 Å². The van der Waals surface area contributed by atoms with E-state index in [1.54, 1.807) is 29.9 Å². The van der Waals surface area contributed by atoms with Crippen molar-refractivity contribution < 1.29 is 0 Å². The summed E-state index contributed by atoms with van der Waals surface area (Å²) in [6.07, 6.45) is 5.06. The molecule has 0 saturated heterocycles. The summed E-state index contributed by atoms with van der Waals surface area (Å²) in [5.41, 5.74) is 2.78. The summed E-state index contributed by atoms with van der Waals surface area (Å²) in [4.78, 5) is 12.9. The predicted molar refractivity (Wildman–Crippen MR) is 76.3 cm³/mol. The average Bonchev–Trinajstić information content (AvgIpc) is 2.90. The topological polar surface area (TPSA) is 38.7 Å². The molecule has 0 aliphatic rings. The molecule has 2 heterocycles. The second kappa shape index (κ2) is 4.96. The Bertz CT molecular complexity index is 650. The number of nitrogens with zero attached hydrogens (tertiary/aromatic N) is 3. The quantitative estimate of drug-likeness (QED) is 0.716. The predicted octanol–water partition coefficient (Wildman–Crippen LogP) is 4.03. The first-order chi connectivity index (χ1) is 8.83. The van der Waals surface area contributed by atoms with Crippen molar-refractivity contribution in [3.63, 3.8) is 0 Å². The third kappa shape index (κ3) is 2.32. The van der Waals surface area contributed by atoms with E-state index in [0.717, 1.165) is 26.4 Å². The smallest absolute Gasteiger partial charge is 0.124 e. The molecule has 3 nitrogen and oxygen atoms in total. The largest absolute Gasteiger partial charge is 0.261 e. The van der Waals surface area contributed by atoms with Crippen LogP contribution >= 0.6 is 27.3 Å². The molecule has 0 spiro atoms. The molecule has 3 rings (SSSR count). The zero-order valence-corrected chi connectivity index (χ0v) is 11.6. The van der Waals surface area contributed by atoms with Crippen LogP contribution in [0.5, 0.6) is 0 Å². The summed E-state index contributed by atoms with van der Waals surface area (Å²) in [6.45, 7) is 0. The first kappa shape index (κ1) is 11.5. The van der Waals surface area contributed by atoms with E-state index in [1.807, 2.05) is 29.6 Å². The van der Waals surface area contributed by atoms with Crippen LogP contribution in [-0.4, -0.2) is 15.0 Å². The van der Waals surface area contributed by atoms with Gasteiger partial charge in [0.1, 0.15) is 16.4 Å². The molecule has 0 bridgehead atoms. The molecule has 0 radical (unpaired) electrons. The normalized spacial score (nSPS) is 10.5. The second-order valence-corrected chi connectivity index (χ2v) is 5.41. The Labute approximate surface area is 117 Å². The molecule has 0 amide bonds. The average molecular weight is 318 g/mol. The summed E-state index contributed by atoms with van der Waals surface area (Å²) in [5, 5.41) is 2.99. The maximum Gasteiger partial charge on any atom is 0.124 e. The molecule has 0 atom stereocenters. The third-order valence-corrected chi connectivity index (χ3v) is 3.84. The van der Waals surface area contributed by atoms with Crippen LogP contribution in [-0.2, 0) is 0 Å². The number of rotatable bonds is 2. The number of hydrogen-bond acceptors (Lipinski definition) is 4. The number of halogens is 1. The molecule has 0 fully saturated rings. The highest BCUT2D eigenvalue weighted by Gasteiger charge is 2.07. The molecule has 0 aliphatic heterocycles. The number of hydrogen-bond donors (Lipinski definition) is 0. The highest BCUT2D eigenvalue weighted by Crippen LogP contribution is 2.28. The van der Waals surface area contributed by atoms with E-state index in [0.29, 0.717) is 0 Å². The van der Waals surface area contributed by atoms with Crippen LogP contribution in [0.15, 0.2) is 52.7 Å². The summed E-state index contributed by atoms with van der Waals surface area (Å²) >= 11 is 5.03. The van der Waals surface area contributed by atoms with Gasteiger partial charge in [-0.25, -0.2) is 4.98 Å². The number of aromatic nitrogens is 3. The lowest BCUT2D eigenvalue weighted by Gasteiger charge is -1.96. The maximum absolute atomic E-state index is 4.58. The van der Waals surface area contributed by atoms with E-state index < -0.39 is 0 Å². The molecule has 18 heavy (non-hydrogen) atoms. The molecule has 0 unspecified atom stereocenters. The summed E-state index contributed by atoms with van der Waals surface area (Å²) in [7, 11) is 0. The molecule has 0 aliphatic carbocycles. The lowest BCUT2D eigenvalue weighted by molar-refractivity contribution is 1.19. The lowest BCUT2D eigenvalue weighted by atomic mass is 10.2. The molecular formula is C13H8BrN3S. The molecular weight excluding hydrogens is 310 g/mol. The summed E-state index contributed by atoms with van der Waals surface area (Å²) < 4.78 is 1.07. The molecule has 1 aromatic carbocycles. The minimum Gasteiger partial charge on any atom is -0.261 e. The molecule has 2 aromatic heterocycles. The molecule has 0 N–H and O–H groups in total. The highest BCUT2D eigenvalue weighted by molar-refractivity contribution is 9.10. The van der Waals surface area contributed by atoms with Crippen LogP contribution in [0.4, 0.5) is 0 Å². The number of thiazole rings is 1. The van der Waals surface area contributed by atoms with Crippen LogP contribution in [0, 0.1) is 0 Å². The van der Waals surface area contributed by atoms with E-state index in [-0.39, 0.29) is 0 Å². The Morgan fingerprint density at radius 3 is 2.56 bits per heavy atom. The Balaban J connectivity index is 1.97. The lowest BCUT2D eigenvalue weighted by Crippen LogP contribution is -1.84. The zero-order chi connectivity index (χ0) is 12.4. The fourth-order valence-corrected chi connectivity index (χ4v) is 2.63. The van der Waals surface area contributed by atoms with Crippen molar-refractivity contribution >= 4 is 27.3 Å². The van der Waals surface area contributed by atoms with Gasteiger partial charge in [-0.2, -0.15) is 0 Å². The third-order valence-electron chi connectivity index (χ3n) is 2.42. The van der Waals surface area contributed by atoms with Crippen LogP contribution in [0.2, 0.25) is 0 Å². The molecule has 88 valence electrons. The van der Waals surface area contributed by atoms with Crippen molar-refractivity contribution in [2.75, 3.05) is 0 Å². The van der Waals surface area contributed by atoms with Gasteiger partial charge in [-0.15, -0.1) is 11.3 Å². The molecule has 3 aromatic rings. The molecule has 0 saturated carbocycles. The second-order valence-electron chi connectivity index (χ2n) is 3.64. The van der Waals surface area contributed by atoms with Gasteiger partial charge in [0.15, 0.2) is 0 Å². The van der Waals surface area contributed by atoms with Crippen LogP contribution in [0.3, 0.4) is 0 Å². The first-order valence-electron chi connectivity index (χ1n) is 5.31. The van der Waals surface area contributed by atoms with Gasteiger partial charge < -0.3 is 0 Å². The number of benzene rings is 1. The van der Waals surface area contributed by atoms with Gasteiger partial charge in [0.25, 0.3) is 0 Å². The van der Waals surface area contributed by atoms with Gasteiger partial charge in [0.05, 0.1) is 6.20 Å². The van der Waals surface area contributed by atoms with Gasteiger partial charge in [0, 0.05) is 27.8 Å². The van der Waals surface area contributed by atoms with Crippen LogP contribution < -0.4 is 0 Å². The van der Waals surface area contributed by atoms with Gasteiger partial charge in [-0.05, 0) is 12.1 Å². The first-order valence-corrected chi connectivity index (χ1v) is 6.98. The standard InChI is InChI=1S/C13H8BrN3S/c14-10-3-1-9(2-4-10)13-17-12(8-18-13)11-7-15-5-6-16-11/h1-8H. The van der Waals surface area contributed by atoms with Gasteiger partial charge in [-0.3, -0.25) is 9.97 Å². The van der Waals surface area contributed by atoms with E-state index in [9.17, 15) is 0 Å². The minimum atomic E-state index is 0.803. The van der Waals surface area contributed by atoms with Crippen LogP contribution in [0.25, 0.3) is 22.0 Å². The Morgan fingerprint density at radius 2 is 1.83 bits per heavy atom. The van der Waals surface area contributed by atoms with Crippen molar-refractivity contribution in [3.8, 4) is 22.0 Å².